The van der Waals surface area contributed by atoms with Gasteiger partial charge in [-0.25, -0.2) is 4.98 Å². The number of pyridine rings is 1. The third-order valence-electron chi connectivity index (χ3n) is 7.92. The summed E-state index contributed by atoms with van der Waals surface area (Å²) >= 11 is 0. The van der Waals surface area contributed by atoms with Gasteiger partial charge in [0, 0.05) is 42.2 Å². The number of nitrogen functional groups attached to an aromatic ring is 1. The highest BCUT2D eigenvalue weighted by Gasteiger charge is 2.27. The van der Waals surface area contributed by atoms with Gasteiger partial charge in [0.15, 0.2) is 0 Å². The van der Waals surface area contributed by atoms with Crippen molar-refractivity contribution in [2.45, 2.75) is 32.4 Å². The summed E-state index contributed by atoms with van der Waals surface area (Å²) in [6.45, 7) is 4.93. The highest BCUT2D eigenvalue weighted by Crippen LogP contribution is 2.35. The van der Waals surface area contributed by atoms with Gasteiger partial charge in [0.05, 0.1) is 31.2 Å². The Labute approximate surface area is 244 Å². The van der Waals surface area contributed by atoms with Crippen LogP contribution in [0.25, 0.3) is 32.8 Å². The van der Waals surface area contributed by atoms with Gasteiger partial charge in [-0.15, -0.1) is 0 Å². The van der Waals surface area contributed by atoms with Crippen LogP contribution in [0.1, 0.15) is 30.6 Å². The van der Waals surface area contributed by atoms with Crippen molar-refractivity contribution in [3.05, 3.63) is 84.2 Å². The molecular weight excluding hydrogens is 530 g/mol. The first-order chi connectivity index (χ1) is 20.6. The molecule has 3 heterocycles. The predicted molar refractivity (Wildman–Crippen MR) is 163 cm³/mol. The van der Waals surface area contributed by atoms with E-state index in [0.717, 1.165) is 63.6 Å². The summed E-state index contributed by atoms with van der Waals surface area (Å²) in [5, 5.41) is 17.5. The molecule has 0 aliphatic carbocycles. The van der Waals surface area contributed by atoms with Crippen LogP contribution in [0.5, 0.6) is 5.75 Å². The molecule has 9 nitrogen and oxygen atoms in total. The van der Waals surface area contributed by atoms with Crippen LogP contribution in [0.3, 0.4) is 0 Å². The van der Waals surface area contributed by atoms with E-state index in [1.807, 2.05) is 42.5 Å². The molecule has 1 atom stereocenters. The summed E-state index contributed by atoms with van der Waals surface area (Å²) in [6, 6.07) is 22.3. The molecule has 0 saturated carbocycles. The normalized spacial score (nSPS) is 15.4. The number of nitrogens with two attached hydrogens (primary N) is 1. The highest BCUT2D eigenvalue weighted by molar-refractivity contribution is 6.02. The maximum Gasteiger partial charge on any atom is 0.310 e. The van der Waals surface area contributed by atoms with Gasteiger partial charge in [0.2, 0.25) is 0 Å². The Hall–Kier alpha value is -4.47. The number of carbonyl (C=O) groups excluding carboxylic acids is 1. The molecule has 1 unspecified atom stereocenters. The van der Waals surface area contributed by atoms with Crippen molar-refractivity contribution < 1.29 is 19.4 Å². The minimum Gasteiger partial charge on any atom is -0.487 e. The highest BCUT2D eigenvalue weighted by atomic mass is 16.5. The molecule has 0 amide bonds. The first kappa shape index (κ1) is 27.7. The number of nitrogens with zero attached hydrogens (tertiary/aromatic N) is 4. The monoisotopic (exact) mass is 565 g/mol. The third kappa shape index (κ3) is 5.53. The van der Waals surface area contributed by atoms with E-state index in [2.05, 4.69) is 38.8 Å². The van der Waals surface area contributed by atoms with E-state index in [0.29, 0.717) is 24.7 Å². The number of carbonyl (C=O) groups is 1. The number of fused-ring (bicyclic) bond motifs is 2. The molecule has 216 valence electrons. The predicted octanol–water partition coefficient (Wildman–Crippen LogP) is 4.76. The van der Waals surface area contributed by atoms with E-state index in [1.54, 1.807) is 13.1 Å². The number of aromatic nitrogens is 3. The topological polar surface area (TPSA) is 116 Å². The Bertz CT molecular complexity index is 1730. The molecule has 1 fully saturated rings. The van der Waals surface area contributed by atoms with Crippen molar-refractivity contribution in [2.24, 2.45) is 0 Å². The van der Waals surface area contributed by atoms with Crippen LogP contribution in [-0.2, 0) is 22.6 Å². The number of ether oxygens (including phenoxy) is 2. The van der Waals surface area contributed by atoms with Crippen molar-refractivity contribution in [1.82, 2.24) is 19.7 Å². The SMILES string of the molecule is CCOC(=O)Cc1ccccc1OCc1nn(C2CCN(CCO)C2)c2ccc(-c3cccc4c(N)nccc34)cc12. The second-order valence-electron chi connectivity index (χ2n) is 10.6. The summed E-state index contributed by atoms with van der Waals surface area (Å²) in [5.41, 5.74) is 10.9. The summed E-state index contributed by atoms with van der Waals surface area (Å²) in [5.74, 6) is 0.858. The molecule has 3 N–H and O–H groups in total. The van der Waals surface area contributed by atoms with Gasteiger partial charge in [0.25, 0.3) is 0 Å². The molecule has 1 saturated heterocycles. The summed E-state index contributed by atoms with van der Waals surface area (Å²) < 4.78 is 13.6. The third-order valence-corrected chi connectivity index (χ3v) is 7.92. The summed E-state index contributed by atoms with van der Waals surface area (Å²) in [7, 11) is 0. The number of aliphatic hydroxyl groups excluding tert-OH is 1. The van der Waals surface area contributed by atoms with Crippen LogP contribution >= 0.6 is 0 Å². The second kappa shape index (κ2) is 12.2. The lowest BCUT2D eigenvalue weighted by atomic mass is 9.97. The number of hydrogen-bond donors (Lipinski definition) is 2. The van der Waals surface area contributed by atoms with Gasteiger partial charge in [-0.1, -0.05) is 42.5 Å². The smallest absolute Gasteiger partial charge is 0.310 e. The van der Waals surface area contributed by atoms with Crippen LogP contribution in [0.2, 0.25) is 0 Å². The number of likely N-dealkylation sites (tertiary alicyclic amines) is 1. The maximum atomic E-state index is 12.2. The fraction of sp³-hybridized carbons (Fsp3) is 0.303. The molecule has 1 aliphatic rings. The van der Waals surface area contributed by atoms with Crippen molar-refractivity contribution in [3.8, 4) is 16.9 Å². The van der Waals surface area contributed by atoms with E-state index in [9.17, 15) is 9.90 Å². The molecule has 0 spiro atoms. The minimum atomic E-state index is -0.285. The quantitative estimate of drug-likeness (QED) is 0.233. The number of hydrogen-bond acceptors (Lipinski definition) is 8. The lowest BCUT2D eigenvalue weighted by Gasteiger charge is -2.15. The molecule has 5 aromatic rings. The average molecular weight is 566 g/mol. The van der Waals surface area contributed by atoms with Crippen LogP contribution in [0.15, 0.2) is 72.9 Å². The first-order valence-electron chi connectivity index (χ1n) is 14.4. The van der Waals surface area contributed by atoms with E-state index >= 15 is 0 Å². The average Bonchev–Trinajstić information content (AvgIpc) is 3.61. The number of para-hydroxylation sites is 1. The van der Waals surface area contributed by atoms with Gasteiger partial charge in [-0.2, -0.15) is 5.10 Å². The van der Waals surface area contributed by atoms with Crippen LogP contribution in [0.4, 0.5) is 5.82 Å². The van der Waals surface area contributed by atoms with Crippen LogP contribution < -0.4 is 10.5 Å². The zero-order valence-corrected chi connectivity index (χ0v) is 23.7. The number of anilines is 1. The van der Waals surface area contributed by atoms with Gasteiger partial charge in [0.1, 0.15) is 23.9 Å². The molecule has 42 heavy (non-hydrogen) atoms. The van der Waals surface area contributed by atoms with Crippen molar-refractivity contribution in [2.75, 3.05) is 38.6 Å². The fourth-order valence-electron chi connectivity index (χ4n) is 5.90. The lowest BCUT2D eigenvalue weighted by Crippen LogP contribution is -2.25. The largest absolute Gasteiger partial charge is 0.487 e. The molecular formula is C33H35N5O4. The Morgan fingerprint density at radius 1 is 1.07 bits per heavy atom. The van der Waals surface area contributed by atoms with Gasteiger partial charge in [-0.05, 0) is 54.1 Å². The summed E-state index contributed by atoms with van der Waals surface area (Å²) in [6.07, 6.45) is 2.84. The standard InChI is InChI=1S/C33H35N5O4/c1-2-41-32(40)19-23-6-3-4-9-31(23)42-21-29-28-18-22(25-7-5-8-27-26(25)12-14-35-33(27)34)10-11-30(28)38(36-29)24-13-15-37(20-24)16-17-39/h3-12,14,18,24,39H,2,13,15-17,19-21H2,1H3,(H2,34,35). The number of benzene rings is 3. The lowest BCUT2D eigenvalue weighted by molar-refractivity contribution is -0.142. The molecule has 0 bridgehead atoms. The number of esters is 1. The Balaban J connectivity index is 1.38. The zero-order chi connectivity index (χ0) is 29.1. The zero-order valence-electron chi connectivity index (χ0n) is 23.7. The number of rotatable bonds is 10. The molecule has 9 heteroatoms. The van der Waals surface area contributed by atoms with Crippen molar-refractivity contribution in [1.29, 1.82) is 0 Å². The Morgan fingerprint density at radius 2 is 1.95 bits per heavy atom. The Kier molecular flexibility index (Phi) is 8.03. The van der Waals surface area contributed by atoms with E-state index < -0.39 is 0 Å². The number of β-amino-alcohol motifs (C(OH)–C–C–N with tert-alkyl or cyclic N) is 1. The molecule has 0 radical (unpaired) electrons. The first-order valence-corrected chi connectivity index (χ1v) is 14.4. The fourth-order valence-corrected chi connectivity index (χ4v) is 5.90. The van der Waals surface area contributed by atoms with Gasteiger partial charge in [-0.3, -0.25) is 14.4 Å². The second-order valence-corrected chi connectivity index (χ2v) is 10.6. The number of aliphatic hydroxyl groups is 1. The summed E-state index contributed by atoms with van der Waals surface area (Å²) in [4.78, 5) is 18.7. The van der Waals surface area contributed by atoms with E-state index in [-0.39, 0.29) is 31.6 Å². The van der Waals surface area contributed by atoms with Crippen LogP contribution in [-0.4, -0.2) is 63.6 Å². The molecule has 2 aromatic heterocycles. The van der Waals surface area contributed by atoms with Crippen molar-refractivity contribution in [3.63, 3.8) is 0 Å². The van der Waals surface area contributed by atoms with Gasteiger partial charge < -0.3 is 20.3 Å². The van der Waals surface area contributed by atoms with E-state index in [1.165, 1.54) is 0 Å². The Morgan fingerprint density at radius 3 is 2.81 bits per heavy atom. The van der Waals surface area contributed by atoms with Crippen molar-refractivity contribution >= 4 is 33.5 Å². The van der Waals surface area contributed by atoms with Gasteiger partial charge >= 0.3 is 5.97 Å². The maximum absolute atomic E-state index is 12.2. The molecule has 3 aromatic carbocycles. The van der Waals surface area contributed by atoms with Crippen LogP contribution in [0, 0.1) is 0 Å². The van der Waals surface area contributed by atoms with E-state index in [4.69, 9.17) is 20.3 Å². The molecule has 1 aliphatic heterocycles. The molecule has 6 rings (SSSR count). The minimum absolute atomic E-state index is 0.144.